The van der Waals surface area contributed by atoms with E-state index in [2.05, 4.69) is 22.6 Å². The van der Waals surface area contributed by atoms with Crippen molar-refractivity contribution in [2.75, 3.05) is 14.2 Å². The van der Waals surface area contributed by atoms with Gasteiger partial charge in [-0.05, 0) is 6.08 Å². The predicted octanol–water partition coefficient (Wildman–Crippen LogP) is 1.00. The van der Waals surface area contributed by atoms with Crippen LogP contribution >= 0.6 is 0 Å². The summed E-state index contributed by atoms with van der Waals surface area (Å²) in [5, 5.41) is 0. The van der Waals surface area contributed by atoms with Crippen molar-refractivity contribution in [1.82, 2.24) is 0 Å². The third-order valence-corrected chi connectivity index (χ3v) is 1.42. The number of carbonyl (C=O) groups is 2. The summed E-state index contributed by atoms with van der Waals surface area (Å²) in [4.78, 5) is 22.0. The van der Waals surface area contributed by atoms with Crippen molar-refractivity contribution in [2.45, 2.75) is 0 Å². The number of methoxy groups -OCH3 is 2. The molecule has 0 amide bonds. The number of esters is 2. The van der Waals surface area contributed by atoms with Crippen molar-refractivity contribution in [3.8, 4) is 0 Å². The van der Waals surface area contributed by atoms with Crippen molar-refractivity contribution in [3.05, 3.63) is 36.5 Å². The van der Waals surface area contributed by atoms with E-state index in [0.717, 1.165) is 0 Å². The molecule has 0 aromatic heterocycles. The molecule has 0 fully saturated rings. The summed E-state index contributed by atoms with van der Waals surface area (Å²) in [7, 11) is 2.47. The molecule has 14 heavy (non-hydrogen) atoms. The van der Waals surface area contributed by atoms with E-state index in [-0.39, 0.29) is 11.1 Å². The zero-order valence-electron chi connectivity index (χ0n) is 8.20. The number of hydrogen-bond acceptors (Lipinski definition) is 4. The molecule has 0 radical (unpaired) electrons. The Morgan fingerprint density at radius 3 is 2.00 bits per heavy atom. The average molecular weight is 196 g/mol. The molecule has 0 N–H and O–H groups in total. The Kier molecular flexibility index (Phi) is 4.99. The average Bonchev–Trinajstić information content (AvgIpc) is 2.22. The fourth-order valence-electron chi connectivity index (χ4n) is 0.697. The Hall–Kier alpha value is -1.84. The van der Waals surface area contributed by atoms with Crippen LogP contribution in [-0.2, 0) is 19.1 Å². The van der Waals surface area contributed by atoms with Gasteiger partial charge in [0.05, 0.1) is 25.4 Å². The highest BCUT2D eigenvalue weighted by molar-refractivity contribution is 5.97. The van der Waals surface area contributed by atoms with Crippen molar-refractivity contribution in [3.63, 3.8) is 0 Å². The molecule has 0 bridgehead atoms. The summed E-state index contributed by atoms with van der Waals surface area (Å²) in [5.74, 6) is -1.18. The molecule has 0 aliphatic heterocycles. The monoisotopic (exact) mass is 196 g/mol. The highest BCUT2D eigenvalue weighted by Gasteiger charge is 2.09. The molecular weight excluding hydrogens is 184 g/mol. The molecule has 0 unspecified atom stereocenters. The van der Waals surface area contributed by atoms with E-state index in [4.69, 9.17) is 0 Å². The van der Waals surface area contributed by atoms with Gasteiger partial charge in [0.25, 0.3) is 0 Å². The van der Waals surface area contributed by atoms with Crippen LogP contribution in [0.1, 0.15) is 0 Å². The quantitative estimate of drug-likeness (QED) is 0.382. The summed E-state index contributed by atoms with van der Waals surface area (Å²) < 4.78 is 8.85. The summed E-state index contributed by atoms with van der Waals surface area (Å²) in [6.07, 6.45) is 2.53. The first-order valence-corrected chi connectivity index (χ1v) is 3.76. The van der Waals surface area contributed by atoms with Crippen molar-refractivity contribution in [2.24, 2.45) is 0 Å². The van der Waals surface area contributed by atoms with Gasteiger partial charge in [0.1, 0.15) is 0 Å². The van der Waals surface area contributed by atoms with Crippen LogP contribution < -0.4 is 0 Å². The van der Waals surface area contributed by atoms with Gasteiger partial charge >= 0.3 is 11.9 Å². The lowest BCUT2D eigenvalue weighted by Crippen LogP contribution is -2.06. The maximum atomic E-state index is 11.0. The maximum Gasteiger partial charge on any atom is 0.337 e. The Balaban J connectivity index is 4.77. The van der Waals surface area contributed by atoms with Gasteiger partial charge in [0.15, 0.2) is 0 Å². The lowest BCUT2D eigenvalue weighted by atomic mass is 10.1. The molecular formula is C10H12O4. The first-order chi connectivity index (χ1) is 6.56. The Bertz CT molecular complexity index is 299. The summed E-state index contributed by atoms with van der Waals surface area (Å²) >= 11 is 0. The molecule has 0 heterocycles. The zero-order valence-corrected chi connectivity index (χ0v) is 8.20. The molecule has 0 aliphatic carbocycles. The predicted molar refractivity (Wildman–Crippen MR) is 51.5 cm³/mol. The van der Waals surface area contributed by atoms with Gasteiger partial charge in [-0.1, -0.05) is 19.2 Å². The lowest BCUT2D eigenvalue weighted by Gasteiger charge is -2.00. The van der Waals surface area contributed by atoms with E-state index in [9.17, 15) is 9.59 Å². The molecule has 0 atom stereocenters. The van der Waals surface area contributed by atoms with E-state index >= 15 is 0 Å². The number of hydrogen-bond donors (Lipinski definition) is 0. The molecule has 76 valence electrons. The normalized spacial score (nSPS) is 10.3. The summed E-state index contributed by atoms with van der Waals surface area (Å²) in [6, 6.07) is 0. The molecule has 0 spiro atoms. The second-order valence-electron chi connectivity index (χ2n) is 2.31. The van der Waals surface area contributed by atoms with Crippen LogP contribution in [0.25, 0.3) is 0 Å². The van der Waals surface area contributed by atoms with Crippen LogP contribution in [-0.4, -0.2) is 26.2 Å². The molecule has 0 rings (SSSR count). The molecule has 4 heteroatoms. The minimum Gasteiger partial charge on any atom is -0.465 e. The number of ether oxygens (including phenoxy) is 2. The highest BCUT2D eigenvalue weighted by Crippen LogP contribution is 2.05. The topological polar surface area (TPSA) is 52.6 Å². The van der Waals surface area contributed by atoms with E-state index in [1.807, 2.05) is 0 Å². The van der Waals surface area contributed by atoms with Gasteiger partial charge in [0.2, 0.25) is 0 Å². The SMILES string of the molecule is C=C/C(=C\C(=C)C(=O)OC)C(=O)OC. The van der Waals surface area contributed by atoms with Crippen molar-refractivity contribution >= 4 is 11.9 Å². The lowest BCUT2D eigenvalue weighted by molar-refractivity contribution is -0.135. The highest BCUT2D eigenvalue weighted by atomic mass is 16.5. The Morgan fingerprint density at radius 1 is 1.14 bits per heavy atom. The second-order valence-corrected chi connectivity index (χ2v) is 2.31. The maximum absolute atomic E-state index is 11.0. The molecule has 4 nitrogen and oxygen atoms in total. The first kappa shape index (κ1) is 12.2. The van der Waals surface area contributed by atoms with E-state index in [0.29, 0.717) is 0 Å². The van der Waals surface area contributed by atoms with E-state index < -0.39 is 11.9 Å². The van der Waals surface area contributed by atoms with Crippen LogP contribution in [0, 0.1) is 0 Å². The largest absolute Gasteiger partial charge is 0.465 e. The van der Waals surface area contributed by atoms with Crippen LogP contribution in [0.15, 0.2) is 36.5 Å². The van der Waals surface area contributed by atoms with Crippen LogP contribution in [0.2, 0.25) is 0 Å². The van der Waals surface area contributed by atoms with Gasteiger partial charge in [0, 0.05) is 0 Å². The molecule has 0 saturated heterocycles. The molecule has 0 aromatic rings. The van der Waals surface area contributed by atoms with Gasteiger partial charge in [-0.2, -0.15) is 0 Å². The number of carbonyl (C=O) groups excluding carboxylic acids is 2. The fraction of sp³-hybridized carbons (Fsp3) is 0.200. The third-order valence-electron chi connectivity index (χ3n) is 1.42. The standard InChI is InChI=1S/C10H12O4/c1-5-8(10(12)14-4)6-7(2)9(11)13-3/h5-6H,1-2H2,3-4H3/b8-6+. The molecule has 0 saturated carbocycles. The van der Waals surface area contributed by atoms with Crippen molar-refractivity contribution in [1.29, 1.82) is 0 Å². The zero-order chi connectivity index (χ0) is 11.1. The van der Waals surface area contributed by atoms with Gasteiger partial charge in [-0.25, -0.2) is 9.59 Å². The fourth-order valence-corrected chi connectivity index (χ4v) is 0.697. The number of rotatable bonds is 4. The van der Waals surface area contributed by atoms with Crippen molar-refractivity contribution < 1.29 is 19.1 Å². The third kappa shape index (κ3) is 3.26. The van der Waals surface area contributed by atoms with E-state index in [1.54, 1.807) is 0 Å². The Morgan fingerprint density at radius 2 is 1.64 bits per heavy atom. The molecule has 0 aliphatic rings. The Labute approximate surface area is 82.5 Å². The smallest absolute Gasteiger partial charge is 0.337 e. The van der Waals surface area contributed by atoms with Crippen LogP contribution in [0.5, 0.6) is 0 Å². The van der Waals surface area contributed by atoms with E-state index in [1.165, 1.54) is 26.4 Å². The summed E-state index contributed by atoms with van der Waals surface area (Å²) in [6.45, 7) is 6.83. The van der Waals surface area contributed by atoms with Crippen LogP contribution in [0.3, 0.4) is 0 Å². The van der Waals surface area contributed by atoms with Crippen LogP contribution in [0.4, 0.5) is 0 Å². The second kappa shape index (κ2) is 5.75. The first-order valence-electron chi connectivity index (χ1n) is 3.76. The molecule has 0 aromatic carbocycles. The van der Waals surface area contributed by atoms with Gasteiger partial charge in [-0.3, -0.25) is 0 Å². The van der Waals surface area contributed by atoms with Gasteiger partial charge < -0.3 is 9.47 Å². The summed E-state index contributed by atoms with van der Waals surface area (Å²) in [5.41, 5.74) is 0.218. The van der Waals surface area contributed by atoms with Gasteiger partial charge in [-0.15, -0.1) is 0 Å². The minimum atomic E-state index is -0.603. The minimum absolute atomic E-state index is 0.0628.